The van der Waals surface area contributed by atoms with Gasteiger partial charge in [-0.15, -0.1) is 11.8 Å². The molecule has 0 amide bonds. The van der Waals surface area contributed by atoms with Gasteiger partial charge in [0.25, 0.3) is 0 Å². The van der Waals surface area contributed by atoms with Crippen molar-refractivity contribution in [2.24, 2.45) is 0 Å². The molecule has 0 spiro atoms. The number of nitrogens with two attached hydrogens (primary N) is 1. The van der Waals surface area contributed by atoms with E-state index < -0.39 is 5.97 Å². The normalized spacial score (nSPS) is 17.5. The number of nitrogen functional groups attached to an aromatic ring is 1. The molecule has 2 rings (SSSR count). The van der Waals surface area contributed by atoms with Gasteiger partial charge in [0.2, 0.25) is 0 Å². The number of aliphatic carboxylic acids is 1. The van der Waals surface area contributed by atoms with Crippen molar-refractivity contribution in [2.75, 3.05) is 18.8 Å². The van der Waals surface area contributed by atoms with Crippen molar-refractivity contribution in [3.63, 3.8) is 0 Å². The molecule has 1 aromatic rings. The van der Waals surface area contributed by atoms with E-state index in [0.717, 1.165) is 4.90 Å². The number of hydrogen-bond donors (Lipinski definition) is 3. The molecular weight excluding hydrogens is 260 g/mol. The zero-order valence-electron chi connectivity index (χ0n) is 9.07. The van der Waals surface area contributed by atoms with Gasteiger partial charge >= 0.3 is 5.97 Å². The number of hydrogen-bond acceptors (Lipinski definition) is 4. The van der Waals surface area contributed by atoms with Crippen LogP contribution in [0.2, 0.25) is 5.02 Å². The average Bonchev–Trinajstić information content (AvgIpc) is 2.19. The Morgan fingerprint density at radius 3 is 2.76 bits per heavy atom. The fourth-order valence-electron chi connectivity index (χ4n) is 1.73. The van der Waals surface area contributed by atoms with E-state index in [4.69, 9.17) is 22.4 Å². The number of rotatable bonds is 4. The maximum Gasteiger partial charge on any atom is 0.304 e. The van der Waals surface area contributed by atoms with Gasteiger partial charge in [0.1, 0.15) is 0 Å². The van der Waals surface area contributed by atoms with E-state index in [1.54, 1.807) is 23.9 Å². The Hall–Kier alpha value is -0.910. The SMILES string of the molecule is Nc1ccc(SC2(CC(=O)O)CNC2)cc1Cl. The van der Waals surface area contributed by atoms with Crippen molar-refractivity contribution >= 4 is 35.0 Å². The molecule has 1 saturated heterocycles. The molecule has 1 aromatic carbocycles. The molecule has 0 radical (unpaired) electrons. The number of nitrogens with one attached hydrogen (secondary N) is 1. The maximum atomic E-state index is 10.8. The highest BCUT2D eigenvalue weighted by atomic mass is 35.5. The number of carbonyl (C=O) groups is 1. The molecule has 6 heteroatoms. The third-order valence-electron chi connectivity index (χ3n) is 2.67. The molecule has 92 valence electrons. The smallest absolute Gasteiger partial charge is 0.304 e. The average molecular weight is 273 g/mol. The molecule has 4 N–H and O–H groups in total. The first-order valence-electron chi connectivity index (χ1n) is 5.17. The summed E-state index contributed by atoms with van der Waals surface area (Å²) in [6.45, 7) is 1.40. The van der Waals surface area contributed by atoms with Crippen LogP contribution in [0.25, 0.3) is 0 Å². The molecular formula is C11H13ClN2O2S. The van der Waals surface area contributed by atoms with Crippen LogP contribution in [0.4, 0.5) is 5.69 Å². The van der Waals surface area contributed by atoms with E-state index in [9.17, 15) is 4.79 Å². The first-order valence-corrected chi connectivity index (χ1v) is 6.37. The Labute approximate surface area is 109 Å². The minimum absolute atomic E-state index is 0.145. The van der Waals surface area contributed by atoms with Crippen molar-refractivity contribution in [1.82, 2.24) is 5.32 Å². The highest BCUT2D eigenvalue weighted by Crippen LogP contribution is 2.40. The lowest BCUT2D eigenvalue weighted by Crippen LogP contribution is -2.57. The lowest BCUT2D eigenvalue weighted by atomic mass is 9.98. The van der Waals surface area contributed by atoms with Gasteiger partial charge in [-0.05, 0) is 18.2 Å². The molecule has 0 aromatic heterocycles. The molecule has 1 fully saturated rings. The van der Waals surface area contributed by atoms with E-state index in [1.807, 2.05) is 6.07 Å². The number of benzene rings is 1. The largest absolute Gasteiger partial charge is 0.481 e. The summed E-state index contributed by atoms with van der Waals surface area (Å²) >= 11 is 7.49. The highest BCUT2D eigenvalue weighted by molar-refractivity contribution is 8.00. The first kappa shape index (κ1) is 12.5. The van der Waals surface area contributed by atoms with Crippen LogP contribution in [0.1, 0.15) is 6.42 Å². The Kier molecular flexibility index (Phi) is 3.51. The van der Waals surface area contributed by atoms with Crippen LogP contribution in [-0.4, -0.2) is 28.9 Å². The molecule has 1 heterocycles. The molecule has 0 unspecified atom stereocenters. The second kappa shape index (κ2) is 4.76. The lowest BCUT2D eigenvalue weighted by molar-refractivity contribution is -0.138. The standard InChI is InChI=1S/C11H13ClN2O2S/c12-8-3-7(1-2-9(8)13)17-11(4-10(15)16)5-14-6-11/h1-3,14H,4-6,13H2,(H,15,16). The summed E-state index contributed by atoms with van der Waals surface area (Å²) in [6, 6.07) is 5.39. The summed E-state index contributed by atoms with van der Waals surface area (Å²) < 4.78 is -0.259. The second-order valence-electron chi connectivity index (χ2n) is 4.14. The van der Waals surface area contributed by atoms with Gasteiger partial charge in [0.05, 0.1) is 21.9 Å². The van der Waals surface area contributed by atoms with E-state index >= 15 is 0 Å². The summed E-state index contributed by atoms with van der Waals surface area (Å²) in [7, 11) is 0. The molecule has 1 aliphatic heterocycles. The van der Waals surface area contributed by atoms with Crippen molar-refractivity contribution < 1.29 is 9.90 Å². The monoisotopic (exact) mass is 272 g/mol. The van der Waals surface area contributed by atoms with Crippen molar-refractivity contribution in [1.29, 1.82) is 0 Å². The third-order valence-corrected chi connectivity index (χ3v) is 4.36. The van der Waals surface area contributed by atoms with Crippen LogP contribution < -0.4 is 11.1 Å². The quantitative estimate of drug-likeness (QED) is 0.729. The molecule has 0 saturated carbocycles. The third kappa shape index (κ3) is 2.86. The van der Waals surface area contributed by atoms with Crippen molar-refractivity contribution in [2.45, 2.75) is 16.1 Å². The Morgan fingerprint density at radius 2 is 2.29 bits per heavy atom. The van der Waals surface area contributed by atoms with Crippen LogP contribution in [0.15, 0.2) is 23.1 Å². The van der Waals surface area contributed by atoms with Gasteiger partial charge in [-0.3, -0.25) is 4.79 Å². The molecule has 0 aliphatic carbocycles. The summed E-state index contributed by atoms with van der Waals surface area (Å²) in [5, 5.41) is 12.5. The fourth-order valence-corrected chi connectivity index (χ4v) is 3.34. The Bertz CT molecular complexity index is 449. The van der Waals surface area contributed by atoms with Crippen molar-refractivity contribution in [3.8, 4) is 0 Å². The summed E-state index contributed by atoms with van der Waals surface area (Å²) in [5.74, 6) is -0.777. The van der Waals surface area contributed by atoms with Gasteiger partial charge in [-0.2, -0.15) is 0 Å². The Morgan fingerprint density at radius 1 is 1.59 bits per heavy atom. The predicted octanol–water partition coefficient (Wildman–Crippen LogP) is 1.83. The summed E-state index contributed by atoms with van der Waals surface area (Å²) in [6.07, 6.45) is 0.145. The molecule has 1 aliphatic rings. The highest BCUT2D eigenvalue weighted by Gasteiger charge is 2.40. The second-order valence-corrected chi connectivity index (χ2v) is 6.09. The van der Waals surface area contributed by atoms with Crippen molar-refractivity contribution in [3.05, 3.63) is 23.2 Å². The molecule has 17 heavy (non-hydrogen) atoms. The number of halogens is 1. The van der Waals surface area contributed by atoms with Crippen LogP contribution >= 0.6 is 23.4 Å². The van der Waals surface area contributed by atoms with Gasteiger partial charge in [-0.25, -0.2) is 0 Å². The van der Waals surface area contributed by atoms with Crippen LogP contribution in [0.3, 0.4) is 0 Å². The minimum atomic E-state index is -0.777. The zero-order valence-corrected chi connectivity index (χ0v) is 10.6. The van der Waals surface area contributed by atoms with Gasteiger partial charge in [-0.1, -0.05) is 11.6 Å². The minimum Gasteiger partial charge on any atom is -0.481 e. The topological polar surface area (TPSA) is 75.4 Å². The summed E-state index contributed by atoms with van der Waals surface area (Å²) in [4.78, 5) is 11.8. The van der Waals surface area contributed by atoms with Crippen LogP contribution in [0.5, 0.6) is 0 Å². The predicted molar refractivity (Wildman–Crippen MR) is 69.6 cm³/mol. The summed E-state index contributed by atoms with van der Waals surface area (Å²) in [5.41, 5.74) is 6.17. The van der Waals surface area contributed by atoms with E-state index in [-0.39, 0.29) is 11.2 Å². The first-order chi connectivity index (χ1) is 8.01. The van der Waals surface area contributed by atoms with Gasteiger partial charge in [0.15, 0.2) is 0 Å². The van der Waals surface area contributed by atoms with E-state index in [0.29, 0.717) is 23.8 Å². The van der Waals surface area contributed by atoms with E-state index in [1.165, 1.54) is 0 Å². The fraction of sp³-hybridized carbons (Fsp3) is 0.364. The van der Waals surface area contributed by atoms with E-state index in [2.05, 4.69) is 5.32 Å². The molecule has 0 bridgehead atoms. The molecule has 4 nitrogen and oxygen atoms in total. The number of anilines is 1. The zero-order chi connectivity index (χ0) is 12.5. The van der Waals surface area contributed by atoms with Crippen LogP contribution in [0, 0.1) is 0 Å². The van der Waals surface area contributed by atoms with Gasteiger partial charge < -0.3 is 16.2 Å². The number of carboxylic acids is 1. The van der Waals surface area contributed by atoms with Crippen LogP contribution in [-0.2, 0) is 4.79 Å². The van der Waals surface area contributed by atoms with Gasteiger partial charge in [0, 0.05) is 18.0 Å². The lowest BCUT2D eigenvalue weighted by Gasteiger charge is -2.40. The number of carboxylic acid groups (broad SMARTS) is 1. The maximum absolute atomic E-state index is 10.8. The molecule has 0 atom stereocenters. The number of thioether (sulfide) groups is 1. The Balaban J connectivity index is 2.13.